The molecule has 2 amide bonds. The van der Waals surface area contributed by atoms with E-state index in [1.807, 2.05) is 45.1 Å². The molecule has 4 aliphatic rings. The van der Waals surface area contributed by atoms with E-state index in [0.29, 0.717) is 19.5 Å². The van der Waals surface area contributed by atoms with Crippen LogP contribution >= 0.6 is 11.8 Å². The molecule has 0 radical (unpaired) electrons. The highest BCUT2D eigenvalue weighted by molar-refractivity contribution is 8.02. The third-order valence-corrected chi connectivity index (χ3v) is 8.02. The van der Waals surface area contributed by atoms with Gasteiger partial charge in [0.2, 0.25) is 11.8 Å². The summed E-state index contributed by atoms with van der Waals surface area (Å²) in [6.45, 7) is 6.85. The zero-order valence-corrected chi connectivity index (χ0v) is 17.9. The van der Waals surface area contributed by atoms with Gasteiger partial charge in [0.15, 0.2) is 0 Å². The number of carbonyl (C=O) groups is 3. The van der Waals surface area contributed by atoms with Crippen LogP contribution in [0.3, 0.4) is 0 Å². The van der Waals surface area contributed by atoms with E-state index in [-0.39, 0.29) is 36.2 Å². The Labute approximate surface area is 175 Å². The Morgan fingerprint density at radius 1 is 1.24 bits per heavy atom. The second-order valence-electron chi connectivity index (χ2n) is 9.03. The summed E-state index contributed by atoms with van der Waals surface area (Å²) in [6.07, 6.45) is 8.11. The van der Waals surface area contributed by atoms with E-state index in [9.17, 15) is 19.5 Å². The Morgan fingerprint density at radius 3 is 2.69 bits per heavy atom. The lowest BCUT2D eigenvalue weighted by Gasteiger charge is -2.40. The van der Waals surface area contributed by atoms with Gasteiger partial charge in [0.05, 0.1) is 16.6 Å². The lowest BCUT2D eigenvalue weighted by Crippen LogP contribution is -2.57. The Morgan fingerprint density at radius 2 is 2.00 bits per heavy atom. The molecular weight excluding hydrogens is 392 g/mol. The molecule has 1 spiro atoms. The molecule has 158 valence electrons. The number of cyclic esters (lactones) is 1. The summed E-state index contributed by atoms with van der Waals surface area (Å²) < 4.78 is 4.52. The van der Waals surface area contributed by atoms with Crippen molar-refractivity contribution in [3.8, 4) is 0 Å². The van der Waals surface area contributed by atoms with Crippen molar-refractivity contribution in [3.63, 3.8) is 0 Å². The largest absolute Gasteiger partial charge is 0.461 e. The van der Waals surface area contributed by atoms with Crippen LogP contribution in [0.2, 0.25) is 0 Å². The number of carbonyl (C=O) groups excluding carboxylic acids is 3. The van der Waals surface area contributed by atoms with E-state index in [2.05, 4.69) is 0 Å². The molecule has 8 heteroatoms. The maximum absolute atomic E-state index is 13.8. The number of rotatable bonds is 3. The number of likely N-dealkylation sites (tertiary alicyclic amines) is 1. The van der Waals surface area contributed by atoms with Crippen LogP contribution in [0.25, 0.3) is 0 Å². The average molecular weight is 421 g/mol. The van der Waals surface area contributed by atoms with E-state index in [1.165, 1.54) is 11.8 Å². The van der Waals surface area contributed by atoms with Crippen molar-refractivity contribution in [1.29, 1.82) is 0 Å². The minimum Gasteiger partial charge on any atom is -0.461 e. The van der Waals surface area contributed by atoms with Gasteiger partial charge in [-0.15, -0.1) is 11.8 Å². The maximum atomic E-state index is 13.8. The van der Waals surface area contributed by atoms with Crippen LogP contribution in [-0.2, 0) is 19.1 Å². The molecule has 4 rings (SSSR count). The number of esters is 1. The van der Waals surface area contributed by atoms with Gasteiger partial charge < -0.3 is 19.6 Å². The first-order valence-electron chi connectivity index (χ1n) is 10.1. The molecule has 0 aliphatic carbocycles. The van der Waals surface area contributed by atoms with Crippen LogP contribution < -0.4 is 0 Å². The molecule has 4 aliphatic heterocycles. The van der Waals surface area contributed by atoms with Crippen molar-refractivity contribution >= 4 is 29.5 Å². The van der Waals surface area contributed by atoms with Crippen molar-refractivity contribution < 1.29 is 24.2 Å². The second-order valence-corrected chi connectivity index (χ2v) is 10.5. The lowest BCUT2D eigenvalue weighted by atomic mass is 9.78. The van der Waals surface area contributed by atoms with Gasteiger partial charge in [-0.05, 0) is 27.2 Å². The third kappa shape index (κ3) is 3.03. The van der Waals surface area contributed by atoms with Gasteiger partial charge in [-0.25, -0.2) is 0 Å². The number of hydrogen-bond acceptors (Lipinski definition) is 6. The minimum atomic E-state index is -0.806. The maximum Gasteiger partial charge on any atom is 0.311 e. The Balaban J connectivity index is 1.83. The zero-order chi connectivity index (χ0) is 21.0. The summed E-state index contributed by atoms with van der Waals surface area (Å²) in [5.41, 5.74) is -0.400. The Bertz CT molecular complexity index is 788. The Kier molecular flexibility index (Phi) is 5.06. The van der Waals surface area contributed by atoms with Crippen molar-refractivity contribution in [2.45, 2.75) is 48.8 Å². The number of fused-ring (bicyclic) bond motifs is 2. The molecular formula is C21H28N2O5S. The molecule has 2 fully saturated rings. The molecule has 29 heavy (non-hydrogen) atoms. The molecule has 2 saturated heterocycles. The number of ether oxygens (including phenoxy) is 1. The van der Waals surface area contributed by atoms with Crippen LogP contribution in [0.1, 0.15) is 27.2 Å². The smallest absolute Gasteiger partial charge is 0.311 e. The van der Waals surface area contributed by atoms with Gasteiger partial charge in [0.1, 0.15) is 12.6 Å². The van der Waals surface area contributed by atoms with Gasteiger partial charge in [-0.3, -0.25) is 14.4 Å². The highest BCUT2D eigenvalue weighted by Gasteiger charge is 2.71. The predicted molar refractivity (Wildman–Crippen MR) is 109 cm³/mol. The summed E-state index contributed by atoms with van der Waals surface area (Å²) in [7, 11) is 0. The molecule has 0 aromatic rings. The predicted octanol–water partition coefficient (Wildman–Crippen LogP) is 0.976. The lowest BCUT2D eigenvalue weighted by molar-refractivity contribution is -0.151. The van der Waals surface area contributed by atoms with E-state index in [1.54, 1.807) is 9.80 Å². The molecule has 0 saturated carbocycles. The molecule has 5 atom stereocenters. The highest BCUT2D eigenvalue weighted by Crippen LogP contribution is 2.61. The first-order chi connectivity index (χ1) is 13.7. The topological polar surface area (TPSA) is 87.2 Å². The van der Waals surface area contributed by atoms with Crippen LogP contribution in [0.5, 0.6) is 0 Å². The van der Waals surface area contributed by atoms with Gasteiger partial charge in [-0.2, -0.15) is 0 Å². The van der Waals surface area contributed by atoms with Gasteiger partial charge in [0, 0.05) is 30.5 Å². The number of thioether (sulfide) groups is 1. The fourth-order valence-corrected chi connectivity index (χ4v) is 7.06. The van der Waals surface area contributed by atoms with Crippen molar-refractivity contribution in [3.05, 3.63) is 24.3 Å². The summed E-state index contributed by atoms with van der Waals surface area (Å²) in [5.74, 6) is -1.91. The SMILES string of the molecule is CC(C)(C)N1CC=C[C@]23S[C@@H]4C=CCOC(=O)[C@@H]4[C@H]2C(=O)N(CCCO)C3C1=O. The highest BCUT2D eigenvalue weighted by atomic mass is 32.2. The first kappa shape index (κ1) is 20.5. The van der Waals surface area contributed by atoms with Gasteiger partial charge >= 0.3 is 5.97 Å². The molecule has 4 heterocycles. The number of hydrogen-bond donors (Lipinski definition) is 1. The molecule has 1 unspecified atom stereocenters. The normalized spacial score (nSPS) is 36.5. The quantitative estimate of drug-likeness (QED) is 0.541. The van der Waals surface area contributed by atoms with Gasteiger partial charge in [0.25, 0.3) is 0 Å². The summed E-state index contributed by atoms with van der Waals surface area (Å²) in [6, 6.07) is -0.692. The van der Waals surface area contributed by atoms with Crippen molar-refractivity contribution in [2.24, 2.45) is 11.8 Å². The molecule has 0 aromatic carbocycles. The fraction of sp³-hybridized carbons (Fsp3) is 0.667. The van der Waals surface area contributed by atoms with Crippen LogP contribution in [0.15, 0.2) is 24.3 Å². The zero-order valence-electron chi connectivity index (χ0n) is 17.0. The minimum absolute atomic E-state index is 0.0643. The summed E-state index contributed by atoms with van der Waals surface area (Å²) in [5, 5.41) is 9.15. The van der Waals surface area contributed by atoms with E-state index in [4.69, 9.17) is 4.74 Å². The van der Waals surface area contributed by atoms with Crippen LogP contribution in [0.4, 0.5) is 0 Å². The Hall–Kier alpha value is -1.80. The van der Waals surface area contributed by atoms with Gasteiger partial charge in [-0.1, -0.05) is 24.3 Å². The molecule has 7 nitrogen and oxygen atoms in total. The standard InChI is InChI=1S/C21H28N2O5S/c1-20(2,3)23-10-5-8-21-15(14-13(29-21)7-4-12-28-19(14)27)17(25)22(9-6-11-24)16(21)18(23)26/h4-5,7-8,13-16,24H,6,9-12H2,1-3H3/t13-,14+,15+,16?,21+/m1/s1. The fourth-order valence-electron chi connectivity index (χ4n) is 5.05. The van der Waals surface area contributed by atoms with Crippen LogP contribution in [-0.4, -0.2) is 80.6 Å². The number of aliphatic hydroxyl groups excluding tert-OH is 1. The first-order valence-corrected chi connectivity index (χ1v) is 11.0. The van der Waals surface area contributed by atoms with E-state index in [0.717, 1.165) is 0 Å². The molecule has 0 aromatic heterocycles. The average Bonchev–Trinajstić information content (AvgIpc) is 2.93. The van der Waals surface area contributed by atoms with Crippen LogP contribution in [0, 0.1) is 11.8 Å². The van der Waals surface area contributed by atoms with E-state index < -0.39 is 28.2 Å². The summed E-state index contributed by atoms with van der Waals surface area (Å²) in [4.78, 5) is 43.5. The molecule has 1 N–H and O–H groups in total. The second kappa shape index (κ2) is 7.16. The monoisotopic (exact) mass is 420 g/mol. The molecule has 0 bridgehead atoms. The number of amides is 2. The van der Waals surface area contributed by atoms with Crippen molar-refractivity contribution in [1.82, 2.24) is 9.80 Å². The third-order valence-electron chi connectivity index (χ3n) is 6.28. The van der Waals surface area contributed by atoms with Crippen molar-refractivity contribution in [2.75, 3.05) is 26.3 Å². The number of aliphatic hydroxyl groups is 1. The number of nitrogens with zero attached hydrogens (tertiary/aromatic N) is 2. The van der Waals surface area contributed by atoms with E-state index >= 15 is 0 Å². The summed E-state index contributed by atoms with van der Waals surface area (Å²) >= 11 is 1.54.